The molecule has 76 valence electrons. The van der Waals surface area contributed by atoms with Gasteiger partial charge in [0.25, 0.3) is 0 Å². The van der Waals surface area contributed by atoms with E-state index in [0.29, 0.717) is 29.7 Å². The van der Waals surface area contributed by atoms with E-state index >= 15 is 0 Å². The number of aliphatic hydroxyl groups is 1. The largest absolute Gasteiger partial charge is 0.497 e. The van der Waals surface area contributed by atoms with Crippen LogP contribution in [0.3, 0.4) is 0 Å². The van der Waals surface area contributed by atoms with Gasteiger partial charge in [0.1, 0.15) is 11.6 Å². The highest BCUT2D eigenvalue weighted by atomic mass is 19.1. The van der Waals surface area contributed by atoms with Gasteiger partial charge in [0.15, 0.2) is 0 Å². The fourth-order valence-corrected chi connectivity index (χ4v) is 1.94. The molecule has 1 aliphatic rings. The van der Waals surface area contributed by atoms with Crippen LogP contribution in [0.1, 0.15) is 30.1 Å². The molecule has 0 aliphatic heterocycles. The molecule has 1 N–H and O–H groups in total. The third-order valence-electron chi connectivity index (χ3n) is 2.70. The predicted molar refractivity (Wildman–Crippen MR) is 50.8 cm³/mol. The molecule has 1 atom stereocenters. The normalized spacial score (nSPS) is 20.4. The molecule has 3 heteroatoms. The molecule has 1 aromatic rings. The molecular formula is C11H13FO2. The zero-order valence-corrected chi connectivity index (χ0v) is 8.09. The van der Waals surface area contributed by atoms with Gasteiger partial charge in [0, 0.05) is 6.07 Å². The van der Waals surface area contributed by atoms with Crippen molar-refractivity contribution < 1.29 is 14.2 Å². The number of halogens is 1. The highest BCUT2D eigenvalue weighted by Crippen LogP contribution is 2.33. The zero-order chi connectivity index (χ0) is 10.1. The minimum atomic E-state index is -0.539. The molecule has 0 spiro atoms. The quantitative estimate of drug-likeness (QED) is 0.746. The second-order valence-electron chi connectivity index (χ2n) is 3.59. The van der Waals surface area contributed by atoms with E-state index in [-0.39, 0.29) is 5.82 Å². The molecule has 2 nitrogen and oxygen atoms in total. The van der Waals surface area contributed by atoms with E-state index in [2.05, 4.69) is 0 Å². The van der Waals surface area contributed by atoms with Crippen molar-refractivity contribution in [3.63, 3.8) is 0 Å². The number of aliphatic hydroxyl groups excluding tert-OH is 1. The molecule has 0 fully saturated rings. The van der Waals surface area contributed by atoms with Crippen molar-refractivity contribution in [1.82, 2.24) is 0 Å². The van der Waals surface area contributed by atoms with Crippen LogP contribution >= 0.6 is 0 Å². The number of ether oxygens (including phenoxy) is 1. The van der Waals surface area contributed by atoms with Crippen molar-refractivity contribution in [2.24, 2.45) is 0 Å². The Hall–Kier alpha value is -1.09. The smallest absolute Gasteiger partial charge is 0.130 e. The Morgan fingerprint density at radius 1 is 1.50 bits per heavy atom. The molecule has 0 bridgehead atoms. The minimum Gasteiger partial charge on any atom is -0.497 e. The van der Waals surface area contributed by atoms with Crippen LogP contribution in [-0.2, 0) is 6.42 Å². The first kappa shape index (κ1) is 9.46. The van der Waals surface area contributed by atoms with Gasteiger partial charge in [-0.15, -0.1) is 0 Å². The predicted octanol–water partition coefficient (Wildman–Crippen LogP) is 2.20. The van der Waals surface area contributed by atoms with Gasteiger partial charge in [-0.1, -0.05) is 0 Å². The summed E-state index contributed by atoms with van der Waals surface area (Å²) in [5.41, 5.74) is 1.33. The fraction of sp³-hybridized carbons (Fsp3) is 0.455. The van der Waals surface area contributed by atoms with Crippen molar-refractivity contribution in [1.29, 1.82) is 0 Å². The van der Waals surface area contributed by atoms with E-state index in [1.54, 1.807) is 6.07 Å². The van der Waals surface area contributed by atoms with Gasteiger partial charge in [-0.3, -0.25) is 0 Å². The highest BCUT2D eigenvalue weighted by Gasteiger charge is 2.21. The van der Waals surface area contributed by atoms with Crippen LogP contribution in [0.4, 0.5) is 4.39 Å². The molecular weight excluding hydrogens is 183 g/mol. The first-order valence-electron chi connectivity index (χ1n) is 4.76. The molecule has 1 aromatic carbocycles. The summed E-state index contributed by atoms with van der Waals surface area (Å²) in [6.45, 7) is 0. The van der Waals surface area contributed by atoms with Crippen molar-refractivity contribution in [2.45, 2.75) is 25.4 Å². The van der Waals surface area contributed by atoms with Crippen molar-refractivity contribution in [2.75, 3.05) is 7.11 Å². The molecule has 0 aromatic heterocycles. The van der Waals surface area contributed by atoms with Crippen LogP contribution in [0.15, 0.2) is 12.1 Å². The Morgan fingerprint density at radius 2 is 2.29 bits per heavy atom. The summed E-state index contributed by atoms with van der Waals surface area (Å²) >= 11 is 0. The third-order valence-corrected chi connectivity index (χ3v) is 2.70. The molecule has 0 radical (unpaired) electrons. The van der Waals surface area contributed by atoms with Gasteiger partial charge >= 0.3 is 0 Å². The first-order chi connectivity index (χ1) is 6.72. The van der Waals surface area contributed by atoms with Gasteiger partial charge in [0.2, 0.25) is 0 Å². The van der Waals surface area contributed by atoms with E-state index in [4.69, 9.17) is 4.74 Å². The summed E-state index contributed by atoms with van der Waals surface area (Å²) in [5.74, 6) is 0.209. The standard InChI is InChI=1S/C11H13FO2/c1-14-7-5-9-8(10(12)6-7)3-2-4-11(9)13/h5-6,11,13H,2-4H2,1H3/t11-/m1/s1. The number of hydrogen-bond donors (Lipinski definition) is 1. The van der Waals surface area contributed by atoms with Gasteiger partial charge in [0.05, 0.1) is 13.2 Å². The van der Waals surface area contributed by atoms with Gasteiger partial charge in [-0.05, 0) is 36.5 Å². The number of methoxy groups -OCH3 is 1. The summed E-state index contributed by atoms with van der Waals surface area (Å²) in [7, 11) is 1.50. The molecule has 0 amide bonds. The van der Waals surface area contributed by atoms with Crippen molar-refractivity contribution in [3.05, 3.63) is 29.1 Å². The summed E-state index contributed by atoms with van der Waals surface area (Å²) in [5, 5.41) is 9.68. The average Bonchev–Trinajstić information content (AvgIpc) is 2.19. The summed E-state index contributed by atoms with van der Waals surface area (Å²) in [4.78, 5) is 0. The maximum atomic E-state index is 13.5. The Morgan fingerprint density at radius 3 is 3.00 bits per heavy atom. The van der Waals surface area contributed by atoms with E-state index < -0.39 is 6.10 Å². The minimum absolute atomic E-state index is 0.266. The van der Waals surface area contributed by atoms with E-state index in [1.165, 1.54) is 13.2 Å². The number of rotatable bonds is 1. The Balaban J connectivity index is 2.51. The molecule has 0 saturated heterocycles. The molecule has 1 aliphatic carbocycles. The number of benzene rings is 1. The summed E-state index contributed by atoms with van der Waals surface area (Å²) in [6.07, 6.45) is 1.72. The van der Waals surface area contributed by atoms with Crippen LogP contribution in [0, 0.1) is 5.82 Å². The second-order valence-corrected chi connectivity index (χ2v) is 3.59. The van der Waals surface area contributed by atoms with Crippen LogP contribution in [-0.4, -0.2) is 12.2 Å². The lowest BCUT2D eigenvalue weighted by Crippen LogP contribution is -2.11. The SMILES string of the molecule is COc1cc(F)c2c(c1)[C@H](O)CCC2. The Labute approximate surface area is 82.3 Å². The molecule has 2 rings (SSSR count). The third kappa shape index (κ3) is 1.48. The Bertz CT molecular complexity index is 349. The van der Waals surface area contributed by atoms with Crippen molar-refractivity contribution in [3.8, 4) is 5.75 Å². The number of hydrogen-bond acceptors (Lipinski definition) is 2. The lowest BCUT2D eigenvalue weighted by atomic mass is 9.89. The van der Waals surface area contributed by atoms with Crippen LogP contribution in [0.25, 0.3) is 0 Å². The van der Waals surface area contributed by atoms with Gasteiger partial charge < -0.3 is 9.84 Å². The zero-order valence-electron chi connectivity index (χ0n) is 8.09. The summed E-state index contributed by atoms with van der Waals surface area (Å²) in [6, 6.07) is 3.10. The molecule has 0 unspecified atom stereocenters. The van der Waals surface area contributed by atoms with Crippen molar-refractivity contribution >= 4 is 0 Å². The van der Waals surface area contributed by atoms with Gasteiger partial charge in [-0.25, -0.2) is 4.39 Å². The number of fused-ring (bicyclic) bond motifs is 1. The lowest BCUT2D eigenvalue weighted by Gasteiger charge is -2.22. The van der Waals surface area contributed by atoms with Crippen LogP contribution in [0.2, 0.25) is 0 Å². The van der Waals surface area contributed by atoms with Gasteiger partial charge in [-0.2, -0.15) is 0 Å². The first-order valence-corrected chi connectivity index (χ1v) is 4.76. The maximum absolute atomic E-state index is 13.5. The molecule has 0 heterocycles. The monoisotopic (exact) mass is 196 g/mol. The van der Waals surface area contributed by atoms with Crippen LogP contribution in [0.5, 0.6) is 5.75 Å². The van der Waals surface area contributed by atoms with Crippen LogP contribution < -0.4 is 4.74 Å². The van der Waals surface area contributed by atoms with E-state index in [1.807, 2.05) is 0 Å². The molecule has 0 saturated carbocycles. The highest BCUT2D eigenvalue weighted by molar-refractivity contribution is 5.39. The van der Waals surface area contributed by atoms with E-state index in [9.17, 15) is 9.50 Å². The maximum Gasteiger partial charge on any atom is 0.130 e. The second kappa shape index (κ2) is 3.58. The Kier molecular flexibility index (Phi) is 2.42. The lowest BCUT2D eigenvalue weighted by molar-refractivity contribution is 0.155. The molecule has 14 heavy (non-hydrogen) atoms. The van der Waals surface area contributed by atoms with E-state index in [0.717, 1.165) is 6.42 Å². The average molecular weight is 196 g/mol. The fourth-order valence-electron chi connectivity index (χ4n) is 1.94. The topological polar surface area (TPSA) is 29.5 Å². The summed E-state index contributed by atoms with van der Waals surface area (Å²) < 4.78 is 18.5.